The standard InChI is InChI=1S/C7H14ClNS/c1-7(2,9)6-10-5-3-4-8/h3-4H,5-6,9H2,1-2H3. The fourth-order valence-corrected chi connectivity index (χ4v) is 1.50. The van der Waals surface area contributed by atoms with Crippen molar-refractivity contribution in [3.8, 4) is 0 Å². The van der Waals surface area contributed by atoms with Crippen LogP contribution in [-0.4, -0.2) is 17.0 Å². The minimum absolute atomic E-state index is 0.0647. The van der Waals surface area contributed by atoms with Crippen LogP contribution in [-0.2, 0) is 0 Å². The largest absolute Gasteiger partial charge is 0.325 e. The van der Waals surface area contributed by atoms with Crippen molar-refractivity contribution in [3.63, 3.8) is 0 Å². The Balaban J connectivity index is 3.20. The van der Waals surface area contributed by atoms with E-state index in [0.717, 1.165) is 11.5 Å². The Kier molecular flexibility index (Phi) is 5.22. The number of halogens is 1. The normalized spacial score (nSPS) is 12.8. The first kappa shape index (κ1) is 10.3. The second kappa shape index (κ2) is 5.05. The summed E-state index contributed by atoms with van der Waals surface area (Å²) < 4.78 is 0. The molecule has 0 saturated carbocycles. The molecular weight excluding hydrogens is 166 g/mol. The van der Waals surface area contributed by atoms with Crippen molar-refractivity contribution in [2.45, 2.75) is 19.4 Å². The molecule has 3 heteroatoms. The third-order valence-electron chi connectivity index (χ3n) is 0.777. The number of rotatable bonds is 4. The van der Waals surface area contributed by atoms with E-state index in [0.29, 0.717) is 0 Å². The van der Waals surface area contributed by atoms with Crippen molar-refractivity contribution in [3.05, 3.63) is 11.6 Å². The Morgan fingerprint density at radius 3 is 2.60 bits per heavy atom. The van der Waals surface area contributed by atoms with Crippen molar-refractivity contribution < 1.29 is 0 Å². The maximum absolute atomic E-state index is 5.74. The molecule has 0 aliphatic rings. The van der Waals surface area contributed by atoms with Crippen molar-refractivity contribution >= 4 is 23.4 Å². The zero-order valence-electron chi connectivity index (χ0n) is 6.43. The van der Waals surface area contributed by atoms with Gasteiger partial charge in [0.15, 0.2) is 0 Å². The second-order valence-electron chi connectivity index (χ2n) is 2.87. The smallest absolute Gasteiger partial charge is 0.0188 e. The third kappa shape index (κ3) is 8.34. The molecule has 0 aromatic heterocycles. The highest BCUT2D eigenvalue weighted by molar-refractivity contribution is 7.99. The fraction of sp³-hybridized carbons (Fsp3) is 0.714. The summed E-state index contributed by atoms with van der Waals surface area (Å²) in [4.78, 5) is 0. The summed E-state index contributed by atoms with van der Waals surface area (Å²) in [5, 5.41) is 0. The molecule has 0 heterocycles. The molecule has 0 aromatic rings. The highest BCUT2D eigenvalue weighted by Crippen LogP contribution is 2.09. The highest BCUT2D eigenvalue weighted by Gasteiger charge is 2.08. The van der Waals surface area contributed by atoms with Crippen molar-refractivity contribution in [2.24, 2.45) is 5.73 Å². The third-order valence-corrected chi connectivity index (χ3v) is 2.33. The van der Waals surface area contributed by atoms with E-state index in [-0.39, 0.29) is 5.54 Å². The topological polar surface area (TPSA) is 26.0 Å². The van der Waals surface area contributed by atoms with Gasteiger partial charge in [-0.25, -0.2) is 0 Å². The Morgan fingerprint density at radius 2 is 2.20 bits per heavy atom. The van der Waals surface area contributed by atoms with Crippen LogP contribution in [0, 0.1) is 0 Å². The zero-order valence-corrected chi connectivity index (χ0v) is 8.00. The monoisotopic (exact) mass is 179 g/mol. The molecule has 0 bridgehead atoms. The average molecular weight is 180 g/mol. The molecule has 0 aliphatic carbocycles. The molecule has 0 aromatic carbocycles. The van der Waals surface area contributed by atoms with E-state index in [1.165, 1.54) is 5.54 Å². The molecule has 10 heavy (non-hydrogen) atoms. The van der Waals surface area contributed by atoms with E-state index in [4.69, 9.17) is 17.3 Å². The Hall–Kier alpha value is 0.340. The molecule has 0 unspecified atom stereocenters. The van der Waals surface area contributed by atoms with Gasteiger partial charge in [-0.1, -0.05) is 17.7 Å². The van der Waals surface area contributed by atoms with Gasteiger partial charge in [-0.05, 0) is 13.8 Å². The maximum Gasteiger partial charge on any atom is 0.0188 e. The van der Waals surface area contributed by atoms with Gasteiger partial charge >= 0.3 is 0 Å². The Labute approximate surface area is 72.0 Å². The average Bonchev–Trinajstić information content (AvgIpc) is 1.78. The molecule has 0 saturated heterocycles. The molecule has 2 N–H and O–H groups in total. The highest BCUT2D eigenvalue weighted by atomic mass is 35.5. The fourth-order valence-electron chi connectivity index (χ4n) is 0.426. The van der Waals surface area contributed by atoms with E-state index in [2.05, 4.69) is 0 Å². The first-order chi connectivity index (χ1) is 4.56. The van der Waals surface area contributed by atoms with Gasteiger partial charge in [0.05, 0.1) is 0 Å². The van der Waals surface area contributed by atoms with Gasteiger partial charge in [0, 0.05) is 22.6 Å². The molecule has 0 amide bonds. The quantitative estimate of drug-likeness (QED) is 0.670. The van der Waals surface area contributed by atoms with Gasteiger partial charge in [-0.3, -0.25) is 0 Å². The van der Waals surface area contributed by atoms with E-state index >= 15 is 0 Å². The minimum Gasteiger partial charge on any atom is -0.325 e. The molecule has 0 atom stereocenters. The van der Waals surface area contributed by atoms with Crippen LogP contribution in [0.5, 0.6) is 0 Å². The predicted octanol–water partition coefficient (Wildman–Crippen LogP) is 2.21. The van der Waals surface area contributed by atoms with Crippen LogP contribution in [0.2, 0.25) is 0 Å². The second-order valence-corrected chi connectivity index (χ2v) is 4.15. The molecule has 60 valence electrons. The first-order valence-corrected chi connectivity index (χ1v) is 4.77. The van der Waals surface area contributed by atoms with Gasteiger partial charge in [0.25, 0.3) is 0 Å². The SMILES string of the molecule is CC(C)(N)CSCC=CCl. The molecule has 0 aliphatic heterocycles. The van der Waals surface area contributed by atoms with Gasteiger partial charge in [-0.2, -0.15) is 11.8 Å². The van der Waals surface area contributed by atoms with Crippen molar-refractivity contribution in [2.75, 3.05) is 11.5 Å². The summed E-state index contributed by atoms with van der Waals surface area (Å²) in [6, 6.07) is 0. The van der Waals surface area contributed by atoms with E-state index in [1.807, 2.05) is 19.9 Å². The lowest BCUT2D eigenvalue weighted by atomic mass is 10.1. The summed E-state index contributed by atoms with van der Waals surface area (Å²) in [7, 11) is 0. The minimum atomic E-state index is -0.0647. The Morgan fingerprint density at radius 1 is 1.60 bits per heavy atom. The molecule has 0 rings (SSSR count). The zero-order chi connectivity index (χ0) is 8.04. The van der Waals surface area contributed by atoms with Gasteiger partial charge in [0.2, 0.25) is 0 Å². The number of thioether (sulfide) groups is 1. The summed E-state index contributed by atoms with van der Waals surface area (Å²) in [6.07, 6.45) is 1.91. The molecule has 0 radical (unpaired) electrons. The predicted molar refractivity (Wildman–Crippen MR) is 50.6 cm³/mol. The lowest BCUT2D eigenvalue weighted by Crippen LogP contribution is -2.34. The molecule has 1 nitrogen and oxygen atoms in total. The van der Waals surface area contributed by atoms with Crippen LogP contribution >= 0.6 is 23.4 Å². The van der Waals surface area contributed by atoms with Crippen LogP contribution in [0.3, 0.4) is 0 Å². The molecule has 0 spiro atoms. The summed E-state index contributed by atoms with van der Waals surface area (Å²) in [5.74, 6) is 1.92. The van der Waals surface area contributed by atoms with Crippen LogP contribution in [0.1, 0.15) is 13.8 Å². The van der Waals surface area contributed by atoms with Crippen LogP contribution in [0.25, 0.3) is 0 Å². The van der Waals surface area contributed by atoms with Crippen LogP contribution in [0.4, 0.5) is 0 Å². The van der Waals surface area contributed by atoms with Crippen molar-refractivity contribution in [1.82, 2.24) is 0 Å². The molecule has 0 fully saturated rings. The number of nitrogens with two attached hydrogens (primary N) is 1. The van der Waals surface area contributed by atoms with Crippen LogP contribution < -0.4 is 5.73 Å². The van der Waals surface area contributed by atoms with E-state index in [9.17, 15) is 0 Å². The maximum atomic E-state index is 5.74. The number of hydrogen-bond donors (Lipinski definition) is 1. The van der Waals surface area contributed by atoms with Crippen LogP contribution in [0.15, 0.2) is 11.6 Å². The first-order valence-electron chi connectivity index (χ1n) is 3.18. The lowest BCUT2D eigenvalue weighted by Gasteiger charge is -2.16. The summed E-state index contributed by atoms with van der Waals surface area (Å²) >= 11 is 7.11. The van der Waals surface area contributed by atoms with Gasteiger partial charge < -0.3 is 5.73 Å². The van der Waals surface area contributed by atoms with Gasteiger partial charge in [-0.15, -0.1) is 0 Å². The van der Waals surface area contributed by atoms with E-state index < -0.39 is 0 Å². The Bertz CT molecular complexity index is 107. The summed E-state index contributed by atoms with van der Waals surface area (Å²) in [5.41, 5.74) is 7.21. The summed E-state index contributed by atoms with van der Waals surface area (Å²) in [6.45, 7) is 4.04. The number of hydrogen-bond acceptors (Lipinski definition) is 2. The van der Waals surface area contributed by atoms with E-state index in [1.54, 1.807) is 11.8 Å². The van der Waals surface area contributed by atoms with Gasteiger partial charge in [0.1, 0.15) is 0 Å². The molecular formula is C7H14ClNS. The van der Waals surface area contributed by atoms with Crippen molar-refractivity contribution in [1.29, 1.82) is 0 Å². The lowest BCUT2D eigenvalue weighted by molar-refractivity contribution is 0.591.